The molecule has 4 rings (SSSR count). The van der Waals surface area contributed by atoms with Gasteiger partial charge in [0.1, 0.15) is 5.75 Å². The molecule has 1 saturated heterocycles. The molecule has 0 bridgehead atoms. The number of ether oxygens (including phenoxy) is 2. The summed E-state index contributed by atoms with van der Waals surface area (Å²) in [5, 5.41) is 2.68. The number of nitrogens with one attached hydrogen (secondary N) is 1. The molecule has 2 atom stereocenters. The number of aromatic nitrogens is 1. The average molecular weight is 389 g/mol. The Bertz CT molecular complexity index is 975. The van der Waals surface area contributed by atoms with Crippen LogP contribution in [0.4, 0.5) is 11.4 Å². The molecule has 0 unspecified atom stereocenters. The zero-order valence-electron chi connectivity index (χ0n) is 14.9. The van der Waals surface area contributed by atoms with Crippen molar-refractivity contribution in [3.63, 3.8) is 0 Å². The molecule has 1 aromatic carbocycles. The molecule has 2 aliphatic rings. The number of nitrogens with zero attached hydrogens (tertiary/aromatic N) is 2. The highest BCUT2D eigenvalue weighted by Gasteiger charge is 2.75. The zero-order valence-corrected chi connectivity index (χ0v) is 15.7. The minimum Gasteiger partial charge on any atom is -0.497 e. The minimum atomic E-state index is -3.82. The first kappa shape index (κ1) is 17.6. The number of sulfonamides is 1. The van der Waals surface area contributed by atoms with Crippen LogP contribution in [0.2, 0.25) is 0 Å². The molecule has 27 heavy (non-hydrogen) atoms. The number of fused-ring (bicyclic) bond motifs is 1. The number of amides is 1. The molecule has 2 heterocycles. The molecule has 1 N–H and O–H groups in total. The molecule has 0 spiro atoms. The lowest BCUT2D eigenvalue weighted by Gasteiger charge is -2.23. The van der Waals surface area contributed by atoms with Gasteiger partial charge in [-0.2, -0.15) is 0 Å². The normalized spacial score (nSPS) is 24.8. The van der Waals surface area contributed by atoms with Crippen LogP contribution in [0.1, 0.15) is 6.42 Å². The summed E-state index contributed by atoms with van der Waals surface area (Å²) in [5.74, 6) is 0.306. The van der Waals surface area contributed by atoms with Gasteiger partial charge in [-0.3, -0.25) is 9.10 Å². The van der Waals surface area contributed by atoms with Crippen LogP contribution in [0, 0.1) is 5.92 Å². The fourth-order valence-electron chi connectivity index (χ4n) is 3.53. The van der Waals surface area contributed by atoms with Crippen LogP contribution < -0.4 is 19.1 Å². The van der Waals surface area contributed by atoms with E-state index < -0.39 is 20.7 Å². The van der Waals surface area contributed by atoms with Gasteiger partial charge in [-0.15, -0.1) is 0 Å². The number of carbonyl (C=O) groups is 1. The van der Waals surface area contributed by atoms with Crippen molar-refractivity contribution in [2.45, 2.75) is 11.2 Å². The van der Waals surface area contributed by atoms with Crippen molar-refractivity contribution in [1.29, 1.82) is 0 Å². The lowest BCUT2D eigenvalue weighted by molar-refractivity contribution is -0.116. The third-order valence-corrected chi connectivity index (χ3v) is 7.68. The predicted molar refractivity (Wildman–Crippen MR) is 99.5 cm³/mol. The molecule has 2 fully saturated rings. The maximum atomic E-state index is 13.1. The summed E-state index contributed by atoms with van der Waals surface area (Å²) >= 11 is 0. The number of carbonyl (C=O) groups excluding carboxylic acids is 1. The molecule has 1 amide bonds. The van der Waals surface area contributed by atoms with Gasteiger partial charge in [0.15, 0.2) is 4.75 Å². The van der Waals surface area contributed by atoms with E-state index in [1.165, 1.54) is 17.6 Å². The summed E-state index contributed by atoms with van der Waals surface area (Å²) in [7, 11) is -0.784. The number of anilines is 2. The molecule has 1 aliphatic carbocycles. The Kier molecular flexibility index (Phi) is 3.99. The van der Waals surface area contributed by atoms with E-state index in [9.17, 15) is 13.2 Å². The first-order valence-electron chi connectivity index (χ1n) is 8.40. The lowest BCUT2D eigenvalue weighted by atomic mass is 10.2. The third-order valence-electron chi connectivity index (χ3n) is 5.13. The Morgan fingerprint density at radius 3 is 2.52 bits per heavy atom. The van der Waals surface area contributed by atoms with E-state index in [-0.39, 0.29) is 5.92 Å². The Hall–Kier alpha value is -2.81. The maximum Gasteiger partial charge on any atom is 0.250 e. The number of rotatable bonds is 5. The largest absolute Gasteiger partial charge is 0.497 e. The fourth-order valence-corrected chi connectivity index (χ4v) is 5.89. The van der Waals surface area contributed by atoms with Crippen molar-refractivity contribution in [3.8, 4) is 11.6 Å². The van der Waals surface area contributed by atoms with Gasteiger partial charge in [0.2, 0.25) is 21.8 Å². The van der Waals surface area contributed by atoms with Crippen molar-refractivity contribution in [1.82, 2.24) is 4.98 Å². The van der Waals surface area contributed by atoms with E-state index in [1.807, 2.05) is 0 Å². The van der Waals surface area contributed by atoms with Gasteiger partial charge in [0, 0.05) is 18.5 Å². The summed E-state index contributed by atoms with van der Waals surface area (Å²) in [6, 6.07) is 9.99. The number of methoxy groups -OCH3 is 2. The maximum absolute atomic E-state index is 13.1. The van der Waals surface area contributed by atoms with Crippen molar-refractivity contribution in [2.24, 2.45) is 5.92 Å². The molecule has 1 saturated carbocycles. The van der Waals surface area contributed by atoms with Crippen molar-refractivity contribution in [2.75, 3.05) is 30.4 Å². The fraction of sp³-hybridized carbons (Fsp3) is 0.333. The Labute approximate surface area is 157 Å². The third kappa shape index (κ3) is 2.61. The van der Waals surface area contributed by atoms with Crippen LogP contribution in [0.3, 0.4) is 0 Å². The van der Waals surface area contributed by atoms with Crippen LogP contribution in [0.25, 0.3) is 0 Å². The highest BCUT2D eigenvalue weighted by atomic mass is 32.2. The second kappa shape index (κ2) is 6.12. The number of benzene rings is 1. The van der Waals surface area contributed by atoms with E-state index in [0.29, 0.717) is 36.0 Å². The smallest absolute Gasteiger partial charge is 0.250 e. The van der Waals surface area contributed by atoms with Gasteiger partial charge < -0.3 is 14.8 Å². The van der Waals surface area contributed by atoms with Crippen LogP contribution in [0.15, 0.2) is 42.6 Å². The van der Waals surface area contributed by atoms with Gasteiger partial charge in [0.05, 0.1) is 31.8 Å². The summed E-state index contributed by atoms with van der Waals surface area (Å²) in [6.45, 7) is 0.295. The topological polar surface area (TPSA) is 97.8 Å². The van der Waals surface area contributed by atoms with E-state index in [0.717, 1.165) is 0 Å². The van der Waals surface area contributed by atoms with E-state index in [2.05, 4.69) is 10.3 Å². The second-order valence-corrected chi connectivity index (χ2v) is 8.69. The SMILES string of the molecule is COc1ccc(N2C[C@@H]3C[C@@]3(C(=O)Nc3ccc(OC)nc3)S2(=O)=O)cc1. The standard InChI is InChI=1S/C18H19N3O5S/c1-25-15-6-4-14(5-7-15)21-11-12-9-18(12,27(21,23)24)17(22)20-13-3-8-16(26-2)19-10-13/h3-8,10,12H,9,11H2,1-2H3,(H,20,22)/t12-,18+/m0/s1. The van der Waals surface area contributed by atoms with E-state index >= 15 is 0 Å². The Morgan fingerprint density at radius 1 is 1.19 bits per heavy atom. The Morgan fingerprint density at radius 2 is 1.93 bits per heavy atom. The van der Waals surface area contributed by atoms with Crippen LogP contribution >= 0.6 is 0 Å². The Balaban J connectivity index is 1.57. The molecule has 9 heteroatoms. The van der Waals surface area contributed by atoms with Gasteiger partial charge in [-0.05, 0) is 36.8 Å². The monoisotopic (exact) mass is 389 g/mol. The highest BCUT2D eigenvalue weighted by molar-refractivity contribution is 7.95. The zero-order chi connectivity index (χ0) is 19.2. The van der Waals surface area contributed by atoms with Gasteiger partial charge >= 0.3 is 0 Å². The van der Waals surface area contributed by atoms with Crippen LogP contribution in [0.5, 0.6) is 11.6 Å². The van der Waals surface area contributed by atoms with Crippen molar-refractivity contribution < 1.29 is 22.7 Å². The molecule has 142 valence electrons. The number of pyridine rings is 1. The van der Waals surface area contributed by atoms with Gasteiger partial charge in [-0.25, -0.2) is 13.4 Å². The molecule has 8 nitrogen and oxygen atoms in total. The molecule has 1 aliphatic heterocycles. The molecular formula is C18H19N3O5S. The summed E-state index contributed by atoms with van der Waals surface area (Å²) in [4.78, 5) is 16.8. The predicted octanol–water partition coefficient (Wildman–Crippen LogP) is 1.65. The van der Waals surface area contributed by atoms with Crippen LogP contribution in [-0.2, 0) is 14.8 Å². The quantitative estimate of drug-likeness (QED) is 0.835. The van der Waals surface area contributed by atoms with E-state index in [4.69, 9.17) is 9.47 Å². The average Bonchev–Trinajstić information content (AvgIpc) is 3.38. The minimum absolute atomic E-state index is 0.226. The first-order chi connectivity index (χ1) is 12.9. The number of hydrogen-bond acceptors (Lipinski definition) is 6. The molecule has 0 radical (unpaired) electrons. The van der Waals surface area contributed by atoms with E-state index in [1.54, 1.807) is 43.5 Å². The van der Waals surface area contributed by atoms with Crippen LogP contribution in [-0.4, -0.2) is 44.8 Å². The summed E-state index contributed by atoms with van der Waals surface area (Å²) in [6.07, 6.45) is 1.77. The van der Waals surface area contributed by atoms with Gasteiger partial charge in [0.25, 0.3) is 0 Å². The molecule has 2 aromatic rings. The molecular weight excluding hydrogens is 370 g/mol. The van der Waals surface area contributed by atoms with Gasteiger partial charge in [-0.1, -0.05) is 0 Å². The molecule has 1 aromatic heterocycles. The summed E-state index contributed by atoms with van der Waals surface area (Å²) in [5.41, 5.74) is 0.959. The lowest BCUT2D eigenvalue weighted by Crippen LogP contribution is -2.42. The first-order valence-corrected chi connectivity index (χ1v) is 9.84. The van der Waals surface area contributed by atoms with Crippen molar-refractivity contribution in [3.05, 3.63) is 42.6 Å². The highest BCUT2D eigenvalue weighted by Crippen LogP contribution is 2.58. The van der Waals surface area contributed by atoms with Crippen molar-refractivity contribution >= 4 is 27.3 Å². The number of hydrogen-bond donors (Lipinski definition) is 1. The summed E-state index contributed by atoms with van der Waals surface area (Å²) < 4.78 is 36.3. The second-order valence-electron chi connectivity index (χ2n) is 6.57.